The summed E-state index contributed by atoms with van der Waals surface area (Å²) in [5, 5.41) is 4.93. The van der Waals surface area contributed by atoms with Crippen molar-refractivity contribution in [1.82, 2.24) is 14.8 Å². The number of carbonyl (C=O) groups is 2. The zero-order chi connectivity index (χ0) is 23.2. The Morgan fingerprint density at radius 2 is 1.64 bits per heavy atom. The number of Topliss-reactive ketones (excluding diaryl/α,β-unsaturated/α-hetero) is 1. The van der Waals surface area contributed by atoms with Crippen LogP contribution >= 0.6 is 11.6 Å². The number of ketones is 1. The molecule has 4 rings (SSSR count). The van der Waals surface area contributed by atoms with Crippen LogP contribution in [0.4, 0.5) is 0 Å². The number of hydrogen-bond donors (Lipinski definition) is 0. The Hall–Kier alpha value is -3.97. The normalized spacial score (nSPS) is 10.6. The van der Waals surface area contributed by atoms with E-state index in [1.54, 1.807) is 54.6 Å². The van der Waals surface area contributed by atoms with Gasteiger partial charge < -0.3 is 9.47 Å². The first-order chi connectivity index (χ1) is 16.0. The second-order valence-corrected chi connectivity index (χ2v) is 7.41. The second kappa shape index (κ2) is 10.1. The van der Waals surface area contributed by atoms with E-state index in [1.165, 1.54) is 4.68 Å². The minimum Gasteiger partial charge on any atom is -0.494 e. The molecular weight excluding hydrogens is 442 g/mol. The van der Waals surface area contributed by atoms with Crippen LogP contribution in [0.5, 0.6) is 5.75 Å². The summed E-state index contributed by atoms with van der Waals surface area (Å²) in [6.45, 7) is 2.05. The van der Waals surface area contributed by atoms with E-state index >= 15 is 0 Å². The van der Waals surface area contributed by atoms with Crippen LogP contribution in [0.25, 0.3) is 17.1 Å². The summed E-state index contributed by atoms with van der Waals surface area (Å²) in [7, 11) is 0. The van der Waals surface area contributed by atoms with Crippen molar-refractivity contribution >= 4 is 23.4 Å². The lowest BCUT2D eigenvalue weighted by Gasteiger charge is -2.08. The van der Waals surface area contributed by atoms with E-state index in [0.29, 0.717) is 40.0 Å². The maximum absolute atomic E-state index is 12.6. The Labute approximate surface area is 195 Å². The topological polar surface area (TPSA) is 83.3 Å². The molecule has 0 bridgehead atoms. The molecule has 0 unspecified atom stereocenters. The number of aromatic nitrogens is 3. The van der Waals surface area contributed by atoms with Crippen LogP contribution < -0.4 is 4.74 Å². The fraction of sp³-hybridized carbons (Fsp3) is 0.120. The van der Waals surface area contributed by atoms with Gasteiger partial charge in [0.1, 0.15) is 5.75 Å². The van der Waals surface area contributed by atoms with Gasteiger partial charge in [-0.3, -0.25) is 4.79 Å². The Balaban J connectivity index is 1.62. The van der Waals surface area contributed by atoms with Crippen molar-refractivity contribution in [3.63, 3.8) is 0 Å². The van der Waals surface area contributed by atoms with Crippen molar-refractivity contribution < 1.29 is 19.1 Å². The summed E-state index contributed by atoms with van der Waals surface area (Å²) in [6, 6.07) is 22.9. The molecule has 166 valence electrons. The maximum atomic E-state index is 12.6. The molecule has 1 heterocycles. The summed E-state index contributed by atoms with van der Waals surface area (Å²) in [4.78, 5) is 29.3. The lowest BCUT2D eigenvalue weighted by atomic mass is 10.1. The molecule has 3 aromatic carbocycles. The number of rotatable bonds is 8. The molecule has 0 saturated carbocycles. The first-order valence-corrected chi connectivity index (χ1v) is 10.6. The van der Waals surface area contributed by atoms with Crippen molar-refractivity contribution in [2.45, 2.75) is 6.92 Å². The Bertz CT molecular complexity index is 1250. The predicted molar refractivity (Wildman–Crippen MR) is 124 cm³/mol. The van der Waals surface area contributed by atoms with Gasteiger partial charge in [0.2, 0.25) is 0 Å². The fourth-order valence-corrected chi connectivity index (χ4v) is 3.24. The van der Waals surface area contributed by atoms with Gasteiger partial charge in [0.25, 0.3) is 5.82 Å². The van der Waals surface area contributed by atoms with Crippen molar-refractivity contribution in [2.75, 3.05) is 13.2 Å². The third-order valence-electron chi connectivity index (χ3n) is 4.71. The highest BCUT2D eigenvalue weighted by molar-refractivity contribution is 6.30. The molecule has 0 aliphatic rings. The van der Waals surface area contributed by atoms with Crippen LogP contribution in [0, 0.1) is 0 Å². The lowest BCUT2D eigenvalue weighted by Crippen LogP contribution is -2.15. The summed E-state index contributed by atoms with van der Waals surface area (Å²) in [5.41, 5.74) is 1.84. The van der Waals surface area contributed by atoms with Gasteiger partial charge in [-0.05, 0) is 55.5 Å². The van der Waals surface area contributed by atoms with Crippen LogP contribution in [0.3, 0.4) is 0 Å². The molecule has 8 heteroatoms. The van der Waals surface area contributed by atoms with Crippen molar-refractivity contribution in [3.8, 4) is 22.8 Å². The number of carbonyl (C=O) groups excluding carboxylic acids is 2. The molecule has 33 heavy (non-hydrogen) atoms. The van der Waals surface area contributed by atoms with Gasteiger partial charge in [0, 0.05) is 16.1 Å². The number of halogens is 1. The van der Waals surface area contributed by atoms with Crippen molar-refractivity contribution in [2.24, 2.45) is 0 Å². The quantitative estimate of drug-likeness (QED) is 0.270. The zero-order valence-corrected chi connectivity index (χ0v) is 18.5. The fourth-order valence-electron chi connectivity index (χ4n) is 3.12. The maximum Gasteiger partial charge on any atom is 0.378 e. The molecular formula is C25H20ClN3O4. The molecule has 0 amide bonds. The predicted octanol–water partition coefficient (Wildman–Crippen LogP) is 5.03. The van der Waals surface area contributed by atoms with E-state index in [1.807, 2.05) is 31.2 Å². The average Bonchev–Trinajstić information content (AvgIpc) is 3.29. The Morgan fingerprint density at radius 3 is 2.30 bits per heavy atom. The standard InChI is InChI=1S/C25H20ClN3O4/c1-2-32-21-14-12-20(13-15-21)29-24(18-8-10-19(26)11-9-18)27-23(28-29)25(31)33-16-22(30)17-6-4-3-5-7-17/h3-15H,2,16H2,1H3. The van der Waals surface area contributed by atoms with E-state index in [0.717, 1.165) is 0 Å². The van der Waals surface area contributed by atoms with E-state index in [4.69, 9.17) is 21.1 Å². The molecule has 0 radical (unpaired) electrons. The van der Waals surface area contributed by atoms with Crippen LogP contribution in [-0.2, 0) is 4.74 Å². The highest BCUT2D eigenvalue weighted by atomic mass is 35.5. The minimum absolute atomic E-state index is 0.158. The molecule has 4 aromatic rings. The average molecular weight is 462 g/mol. The SMILES string of the molecule is CCOc1ccc(-n2nc(C(=O)OCC(=O)c3ccccc3)nc2-c2ccc(Cl)cc2)cc1. The summed E-state index contributed by atoms with van der Waals surface area (Å²) >= 11 is 6.02. The van der Waals surface area contributed by atoms with Gasteiger partial charge in [-0.1, -0.05) is 41.9 Å². The summed E-state index contributed by atoms with van der Waals surface area (Å²) in [5.74, 6) is -0.118. The molecule has 0 N–H and O–H groups in total. The Kier molecular flexibility index (Phi) is 6.80. The largest absolute Gasteiger partial charge is 0.494 e. The van der Waals surface area contributed by atoms with E-state index in [2.05, 4.69) is 10.1 Å². The monoisotopic (exact) mass is 461 g/mol. The number of esters is 1. The number of benzene rings is 3. The third-order valence-corrected chi connectivity index (χ3v) is 4.97. The molecule has 0 fully saturated rings. The van der Waals surface area contributed by atoms with E-state index in [-0.39, 0.29) is 11.6 Å². The van der Waals surface area contributed by atoms with Crippen molar-refractivity contribution in [3.05, 3.63) is 95.3 Å². The molecule has 7 nitrogen and oxygen atoms in total. The Morgan fingerprint density at radius 1 is 0.939 bits per heavy atom. The van der Waals surface area contributed by atoms with Gasteiger partial charge in [-0.25, -0.2) is 14.5 Å². The third kappa shape index (κ3) is 5.27. The van der Waals surface area contributed by atoms with Crippen LogP contribution in [0.1, 0.15) is 27.9 Å². The highest BCUT2D eigenvalue weighted by Crippen LogP contribution is 2.24. The summed E-state index contributed by atoms with van der Waals surface area (Å²) in [6.07, 6.45) is 0. The van der Waals surface area contributed by atoms with Crippen LogP contribution in [0.15, 0.2) is 78.9 Å². The lowest BCUT2D eigenvalue weighted by molar-refractivity contribution is 0.0462. The van der Waals surface area contributed by atoms with Gasteiger partial charge in [0.15, 0.2) is 18.2 Å². The minimum atomic E-state index is -0.792. The van der Waals surface area contributed by atoms with E-state index in [9.17, 15) is 9.59 Å². The highest BCUT2D eigenvalue weighted by Gasteiger charge is 2.21. The smallest absolute Gasteiger partial charge is 0.378 e. The van der Waals surface area contributed by atoms with Crippen molar-refractivity contribution in [1.29, 1.82) is 0 Å². The molecule has 0 atom stereocenters. The second-order valence-electron chi connectivity index (χ2n) is 6.97. The number of ether oxygens (including phenoxy) is 2. The first kappa shape index (κ1) is 22.2. The molecule has 0 aliphatic heterocycles. The number of hydrogen-bond acceptors (Lipinski definition) is 6. The molecule has 0 aliphatic carbocycles. The molecule has 0 saturated heterocycles. The van der Waals surface area contributed by atoms with Crippen LogP contribution in [0.2, 0.25) is 5.02 Å². The zero-order valence-electron chi connectivity index (χ0n) is 17.8. The summed E-state index contributed by atoms with van der Waals surface area (Å²) < 4.78 is 12.2. The molecule has 0 spiro atoms. The van der Waals surface area contributed by atoms with Gasteiger partial charge in [-0.2, -0.15) is 0 Å². The van der Waals surface area contributed by atoms with Gasteiger partial charge in [0.05, 0.1) is 12.3 Å². The first-order valence-electron chi connectivity index (χ1n) is 10.3. The van der Waals surface area contributed by atoms with Crippen LogP contribution in [-0.4, -0.2) is 39.7 Å². The van der Waals surface area contributed by atoms with Gasteiger partial charge in [-0.15, -0.1) is 5.10 Å². The molecule has 1 aromatic heterocycles. The van der Waals surface area contributed by atoms with Gasteiger partial charge >= 0.3 is 5.97 Å². The van der Waals surface area contributed by atoms with E-state index < -0.39 is 12.6 Å². The number of nitrogens with zero attached hydrogens (tertiary/aromatic N) is 3.